The minimum atomic E-state index is -0.340. The molecule has 1 fully saturated rings. The molecule has 5 nitrogen and oxygen atoms in total. The zero-order chi connectivity index (χ0) is 12.0. The number of amides is 1. The van der Waals surface area contributed by atoms with Crippen LogP contribution < -0.4 is 5.32 Å². The third-order valence-corrected chi connectivity index (χ3v) is 2.74. The fourth-order valence-electron chi connectivity index (χ4n) is 1.86. The summed E-state index contributed by atoms with van der Waals surface area (Å²) < 4.78 is 4.80. The van der Waals surface area contributed by atoms with E-state index in [1.165, 1.54) is 4.90 Å². The number of ether oxygens (including phenoxy) is 1. The second kappa shape index (κ2) is 6.48. The average Bonchev–Trinajstić information content (AvgIpc) is 2.29. The van der Waals surface area contributed by atoms with Crippen molar-refractivity contribution < 1.29 is 14.3 Å². The Morgan fingerprint density at radius 1 is 1.38 bits per heavy atom. The van der Waals surface area contributed by atoms with Crippen LogP contribution in [-0.4, -0.2) is 50.1 Å². The maximum absolute atomic E-state index is 11.9. The molecule has 0 unspecified atom stereocenters. The van der Waals surface area contributed by atoms with Gasteiger partial charge < -0.3 is 15.0 Å². The lowest BCUT2D eigenvalue weighted by atomic mass is 9.97. The van der Waals surface area contributed by atoms with E-state index < -0.39 is 0 Å². The van der Waals surface area contributed by atoms with Gasteiger partial charge in [-0.1, -0.05) is 0 Å². The zero-order valence-electron chi connectivity index (χ0n) is 9.99. The number of likely N-dealkylation sites (N-methyl/N-ethyl adjacent to an activating group) is 1. The molecule has 1 amide bonds. The Morgan fingerprint density at radius 2 is 2.00 bits per heavy atom. The molecule has 1 saturated heterocycles. The lowest BCUT2D eigenvalue weighted by Crippen LogP contribution is -2.41. The monoisotopic (exact) mass is 228 g/mol. The van der Waals surface area contributed by atoms with E-state index in [1.807, 2.05) is 0 Å². The molecule has 0 aromatic heterocycles. The van der Waals surface area contributed by atoms with Gasteiger partial charge in [-0.25, -0.2) is 0 Å². The van der Waals surface area contributed by atoms with E-state index in [0.717, 1.165) is 25.9 Å². The highest BCUT2D eigenvalue weighted by molar-refractivity contribution is 5.83. The molecule has 1 rings (SSSR count). The molecule has 0 aromatic carbocycles. The van der Waals surface area contributed by atoms with Crippen LogP contribution in [-0.2, 0) is 14.3 Å². The van der Waals surface area contributed by atoms with E-state index in [4.69, 9.17) is 4.74 Å². The van der Waals surface area contributed by atoms with Gasteiger partial charge in [0.25, 0.3) is 0 Å². The Bertz CT molecular complexity index is 250. The smallest absolute Gasteiger partial charge is 0.325 e. The Morgan fingerprint density at radius 3 is 2.56 bits per heavy atom. The van der Waals surface area contributed by atoms with Crippen molar-refractivity contribution >= 4 is 11.9 Å². The van der Waals surface area contributed by atoms with Crippen molar-refractivity contribution in [1.29, 1.82) is 0 Å². The van der Waals surface area contributed by atoms with Crippen LogP contribution in [0.3, 0.4) is 0 Å². The van der Waals surface area contributed by atoms with E-state index in [-0.39, 0.29) is 24.3 Å². The lowest BCUT2D eigenvalue weighted by molar-refractivity contribution is -0.149. The standard InChI is InChI=1S/C11H20N2O3/c1-3-16-10(14)8-13(2)11(15)9-4-6-12-7-5-9/h9,12H,3-8H2,1-2H3. The topological polar surface area (TPSA) is 58.6 Å². The molecule has 0 bridgehead atoms. The molecule has 1 heterocycles. The highest BCUT2D eigenvalue weighted by atomic mass is 16.5. The second-order valence-corrected chi connectivity index (χ2v) is 4.02. The minimum Gasteiger partial charge on any atom is -0.465 e. The largest absolute Gasteiger partial charge is 0.465 e. The summed E-state index contributed by atoms with van der Waals surface area (Å²) in [7, 11) is 1.65. The summed E-state index contributed by atoms with van der Waals surface area (Å²) >= 11 is 0. The van der Waals surface area contributed by atoms with Crippen molar-refractivity contribution in [1.82, 2.24) is 10.2 Å². The fraction of sp³-hybridized carbons (Fsp3) is 0.818. The van der Waals surface area contributed by atoms with Gasteiger partial charge in [0, 0.05) is 13.0 Å². The van der Waals surface area contributed by atoms with Crippen LogP contribution in [0.2, 0.25) is 0 Å². The molecule has 0 aromatic rings. The highest BCUT2D eigenvalue weighted by Gasteiger charge is 2.24. The van der Waals surface area contributed by atoms with Crippen LogP contribution >= 0.6 is 0 Å². The summed E-state index contributed by atoms with van der Waals surface area (Å²) in [5.74, 6) is -0.234. The van der Waals surface area contributed by atoms with E-state index in [1.54, 1.807) is 14.0 Å². The fourth-order valence-corrected chi connectivity index (χ4v) is 1.86. The molecular weight excluding hydrogens is 208 g/mol. The van der Waals surface area contributed by atoms with Gasteiger partial charge in [0.05, 0.1) is 6.61 Å². The zero-order valence-corrected chi connectivity index (χ0v) is 9.99. The quantitative estimate of drug-likeness (QED) is 0.688. The van der Waals surface area contributed by atoms with Gasteiger partial charge in [0.1, 0.15) is 6.54 Å². The van der Waals surface area contributed by atoms with E-state index in [0.29, 0.717) is 6.61 Å². The third-order valence-electron chi connectivity index (χ3n) is 2.74. The minimum absolute atomic E-state index is 0.0505. The first-order valence-corrected chi connectivity index (χ1v) is 5.76. The SMILES string of the molecule is CCOC(=O)CN(C)C(=O)C1CCNCC1. The van der Waals surface area contributed by atoms with Gasteiger partial charge in [-0.2, -0.15) is 0 Å². The van der Waals surface area contributed by atoms with Crippen LogP contribution in [0.15, 0.2) is 0 Å². The van der Waals surface area contributed by atoms with Gasteiger partial charge in [-0.15, -0.1) is 0 Å². The van der Waals surface area contributed by atoms with Gasteiger partial charge in [-0.3, -0.25) is 9.59 Å². The predicted molar refractivity (Wildman–Crippen MR) is 59.9 cm³/mol. The summed E-state index contributed by atoms with van der Waals surface area (Å²) in [6, 6.07) is 0. The average molecular weight is 228 g/mol. The molecule has 1 aliphatic heterocycles. The molecule has 5 heteroatoms. The van der Waals surface area contributed by atoms with E-state index in [9.17, 15) is 9.59 Å². The van der Waals surface area contributed by atoms with Crippen molar-refractivity contribution in [3.05, 3.63) is 0 Å². The van der Waals surface area contributed by atoms with Crippen LogP contribution in [0, 0.1) is 5.92 Å². The molecule has 0 spiro atoms. The summed E-state index contributed by atoms with van der Waals surface area (Å²) in [6.07, 6.45) is 1.71. The number of hydrogen-bond donors (Lipinski definition) is 1. The maximum atomic E-state index is 11.9. The molecular formula is C11H20N2O3. The first kappa shape index (κ1) is 13.0. The molecule has 0 radical (unpaired) electrons. The third kappa shape index (κ3) is 3.81. The number of carbonyl (C=O) groups excluding carboxylic acids is 2. The summed E-state index contributed by atoms with van der Waals surface area (Å²) in [5.41, 5.74) is 0. The maximum Gasteiger partial charge on any atom is 0.325 e. The van der Waals surface area contributed by atoms with E-state index >= 15 is 0 Å². The predicted octanol–water partition coefficient (Wildman–Crippen LogP) is 0.00750. The van der Waals surface area contributed by atoms with Gasteiger partial charge in [0.15, 0.2) is 0 Å². The van der Waals surface area contributed by atoms with Crippen LogP contribution in [0.25, 0.3) is 0 Å². The molecule has 0 aliphatic carbocycles. The Kier molecular flexibility index (Phi) is 5.25. The lowest BCUT2D eigenvalue weighted by Gasteiger charge is -2.26. The normalized spacial score (nSPS) is 16.9. The van der Waals surface area contributed by atoms with Crippen molar-refractivity contribution in [2.45, 2.75) is 19.8 Å². The van der Waals surface area contributed by atoms with Crippen molar-refractivity contribution in [3.63, 3.8) is 0 Å². The first-order chi connectivity index (χ1) is 7.65. The van der Waals surface area contributed by atoms with Crippen molar-refractivity contribution in [2.75, 3.05) is 33.3 Å². The first-order valence-electron chi connectivity index (χ1n) is 5.76. The number of nitrogens with one attached hydrogen (secondary N) is 1. The second-order valence-electron chi connectivity index (χ2n) is 4.02. The number of rotatable bonds is 4. The Labute approximate surface area is 96.1 Å². The number of piperidine rings is 1. The van der Waals surface area contributed by atoms with Gasteiger partial charge >= 0.3 is 5.97 Å². The number of nitrogens with zero attached hydrogens (tertiary/aromatic N) is 1. The molecule has 0 atom stereocenters. The Hall–Kier alpha value is -1.10. The van der Waals surface area contributed by atoms with Crippen LogP contribution in [0.1, 0.15) is 19.8 Å². The van der Waals surface area contributed by atoms with Crippen LogP contribution in [0.5, 0.6) is 0 Å². The number of carbonyl (C=O) groups is 2. The van der Waals surface area contributed by atoms with Crippen molar-refractivity contribution in [2.24, 2.45) is 5.92 Å². The molecule has 1 N–H and O–H groups in total. The van der Waals surface area contributed by atoms with Gasteiger partial charge in [0.2, 0.25) is 5.91 Å². The summed E-state index contributed by atoms with van der Waals surface area (Å²) in [6.45, 7) is 3.92. The molecule has 16 heavy (non-hydrogen) atoms. The summed E-state index contributed by atoms with van der Waals surface area (Å²) in [4.78, 5) is 24.6. The molecule has 92 valence electrons. The number of esters is 1. The molecule has 0 saturated carbocycles. The van der Waals surface area contributed by atoms with Crippen LogP contribution in [0.4, 0.5) is 0 Å². The Balaban J connectivity index is 2.37. The van der Waals surface area contributed by atoms with Gasteiger partial charge in [-0.05, 0) is 32.9 Å². The number of hydrogen-bond acceptors (Lipinski definition) is 4. The van der Waals surface area contributed by atoms with E-state index in [2.05, 4.69) is 5.32 Å². The van der Waals surface area contributed by atoms with Crippen molar-refractivity contribution in [3.8, 4) is 0 Å². The summed E-state index contributed by atoms with van der Waals surface area (Å²) in [5, 5.41) is 3.21. The highest BCUT2D eigenvalue weighted by Crippen LogP contribution is 2.14. The molecule has 1 aliphatic rings.